The van der Waals surface area contributed by atoms with Crippen molar-refractivity contribution in [1.29, 1.82) is 0 Å². The monoisotopic (exact) mass is 488 g/mol. The third-order valence-electron chi connectivity index (χ3n) is 3.49. The number of ether oxygens (including phenoxy) is 2. The van der Waals surface area contributed by atoms with Gasteiger partial charge in [0.05, 0.1) is 0 Å². The summed E-state index contributed by atoms with van der Waals surface area (Å²) in [4.78, 5) is 11.3. The lowest BCUT2D eigenvalue weighted by Crippen LogP contribution is -2.17. The maximum atomic E-state index is 13.2. The van der Waals surface area contributed by atoms with Crippen LogP contribution in [0.3, 0.4) is 0 Å². The predicted molar refractivity (Wildman–Crippen MR) is 87.2 cm³/mol. The molecule has 0 bridgehead atoms. The van der Waals surface area contributed by atoms with Crippen molar-refractivity contribution >= 4 is 6.16 Å². The van der Waals surface area contributed by atoms with E-state index in [4.69, 9.17) is 5.11 Å². The number of hydrogen-bond acceptors (Lipinski definition) is 4. The highest BCUT2D eigenvalue weighted by molar-refractivity contribution is 5.67. The summed E-state index contributed by atoms with van der Waals surface area (Å²) in [6.07, 6.45) is -1.65. The van der Waals surface area contributed by atoms with Gasteiger partial charge in [0, 0.05) is 0 Å². The molecule has 4 nitrogen and oxygen atoms in total. The molecule has 0 heterocycles. The van der Waals surface area contributed by atoms with Gasteiger partial charge in [0.1, 0.15) is 5.75 Å². The summed E-state index contributed by atoms with van der Waals surface area (Å²) in [5, 5.41) is 8.30. The molecule has 176 valence electrons. The standard InChI is InChI=1S/C13H5F5O3.C6HF5O/c14-7-8(15)10(17)12(11(18)9(7)16)21-13(19)20-6-4-2-1-3-5-6;7-1-2(8)4(10)6(12)5(11)3(1)9/h1-5H;12H. The fraction of sp³-hybridized carbons (Fsp3) is 0. The molecule has 0 radical (unpaired) electrons. The van der Waals surface area contributed by atoms with Crippen molar-refractivity contribution in [3.63, 3.8) is 0 Å². The Hall–Kier alpha value is -3.97. The first kappa shape index (κ1) is 25.3. The van der Waals surface area contributed by atoms with Crippen LogP contribution >= 0.6 is 0 Å². The second kappa shape index (κ2) is 10.1. The van der Waals surface area contributed by atoms with E-state index in [1.807, 2.05) is 0 Å². The minimum absolute atomic E-state index is 0.0358. The SMILES string of the molecule is O=C(Oc1ccccc1)Oc1c(F)c(F)c(F)c(F)c1F.Oc1c(F)c(F)c(F)c(F)c1F. The van der Waals surface area contributed by atoms with Crippen molar-refractivity contribution in [2.45, 2.75) is 0 Å². The molecule has 0 unspecified atom stereocenters. The Kier molecular flexibility index (Phi) is 7.74. The van der Waals surface area contributed by atoms with Gasteiger partial charge in [-0.1, -0.05) is 18.2 Å². The van der Waals surface area contributed by atoms with E-state index in [2.05, 4.69) is 9.47 Å². The van der Waals surface area contributed by atoms with Gasteiger partial charge in [-0.05, 0) is 12.1 Å². The summed E-state index contributed by atoms with van der Waals surface area (Å²) in [5.74, 6) is -26.0. The lowest BCUT2D eigenvalue weighted by Gasteiger charge is -2.08. The molecule has 0 aliphatic carbocycles. The molecule has 0 aromatic heterocycles. The largest absolute Gasteiger partial charge is 0.519 e. The fourth-order valence-corrected chi connectivity index (χ4v) is 1.96. The first-order valence-electron chi connectivity index (χ1n) is 8.04. The van der Waals surface area contributed by atoms with Crippen LogP contribution in [0.1, 0.15) is 0 Å². The van der Waals surface area contributed by atoms with Crippen molar-refractivity contribution in [2.24, 2.45) is 0 Å². The average Bonchev–Trinajstić information content (AvgIpc) is 2.81. The van der Waals surface area contributed by atoms with E-state index in [-0.39, 0.29) is 5.75 Å². The van der Waals surface area contributed by atoms with Crippen molar-refractivity contribution in [2.75, 3.05) is 0 Å². The van der Waals surface area contributed by atoms with Crippen LogP contribution in [-0.4, -0.2) is 11.3 Å². The van der Waals surface area contributed by atoms with Crippen molar-refractivity contribution in [3.8, 4) is 17.2 Å². The molecule has 33 heavy (non-hydrogen) atoms. The Balaban J connectivity index is 0.000000273. The van der Waals surface area contributed by atoms with E-state index in [1.54, 1.807) is 6.07 Å². The first-order chi connectivity index (χ1) is 15.4. The number of para-hydroxylation sites is 1. The summed E-state index contributed by atoms with van der Waals surface area (Å²) >= 11 is 0. The first-order valence-corrected chi connectivity index (χ1v) is 8.04. The quantitative estimate of drug-likeness (QED) is 0.157. The molecular weight excluding hydrogens is 482 g/mol. The van der Waals surface area contributed by atoms with Gasteiger partial charge in [-0.3, -0.25) is 0 Å². The van der Waals surface area contributed by atoms with Crippen LogP contribution in [0, 0.1) is 58.2 Å². The van der Waals surface area contributed by atoms with Crippen LogP contribution < -0.4 is 9.47 Å². The lowest BCUT2D eigenvalue weighted by atomic mass is 10.3. The minimum Gasteiger partial charge on any atom is -0.503 e. The summed E-state index contributed by atoms with van der Waals surface area (Å²) in [6, 6.07) is 7.21. The van der Waals surface area contributed by atoms with Crippen molar-refractivity contribution < 1.29 is 63.3 Å². The Bertz CT molecular complexity index is 1070. The van der Waals surface area contributed by atoms with Crippen LogP contribution in [0.5, 0.6) is 17.2 Å². The number of aromatic hydroxyl groups is 1. The third kappa shape index (κ3) is 5.27. The number of benzene rings is 3. The molecule has 3 rings (SSSR count). The second-order valence-electron chi connectivity index (χ2n) is 5.58. The van der Waals surface area contributed by atoms with Gasteiger partial charge in [0.15, 0.2) is 5.75 Å². The highest BCUT2D eigenvalue weighted by Gasteiger charge is 2.29. The molecule has 0 amide bonds. The van der Waals surface area contributed by atoms with E-state index in [0.29, 0.717) is 0 Å². The van der Waals surface area contributed by atoms with Crippen LogP contribution in [0.15, 0.2) is 30.3 Å². The molecule has 0 aliphatic rings. The van der Waals surface area contributed by atoms with Gasteiger partial charge in [-0.15, -0.1) is 0 Å². The normalized spacial score (nSPS) is 10.4. The van der Waals surface area contributed by atoms with E-state index >= 15 is 0 Å². The maximum Gasteiger partial charge on any atom is 0.519 e. The Labute approximate surface area is 176 Å². The highest BCUT2D eigenvalue weighted by Crippen LogP contribution is 2.30. The average molecular weight is 488 g/mol. The van der Waals surface area contributed by atoms with E-state index < -0.39 is 75.8 Å². The van der Waals surface area contributed by atoms with Crippen LogP contribution in [0.2, 0.25) is 0 Å². The number of hydrogen-bond donors (Lipinski definition) is 1. The molecule has 0 spiro atoms. The van der Waals surface area contributed by atoms with Gasteiger partial charge in [-0.2, -0.15) is 17.6 Å². The predicted octanol–water partition coefficient (Wildman–Crippen LogP) is 6.05. The van der Waals surface area contributed by atoms with Crippen LogP contribution in [0.4, 0.5) is 48.7 Å². The number of halogens is 10. The van der Waals surface area contributed by atoms with Gasteiger partial charge < -0.3 is 14.6 Å². The minimum atomic E-state index is -2.35. The Morgan fingerprint density at radius 2 is 0.909 bits per heavy atom. The number of phenolic OH excluding ortho intramolecular Hbond substituents is 1. The topological polar surface area (TPSA) is 55.8 Å². The van der Waals surface area contributed by atoms with E-state index in [1.165, 1.54) is 24.3 Å². The smallest absolute Gasteiger partial charge is 0.503 e. The van der Waals surface area contributed by atoms with Crippen molar-refractivity contribution in [1.82, 2.24) is 0 Å². The lowest BCUT2D eigenvalue weighted by molar-refractivity contribution is 0.146. The van der Waals surface area contributed by atoms with Crippen molar-refractivity contribution in [3.05, 3.63) is 88.5 Å². The maximum absolute atomic E-state index is 13.2. The van der Waals surface area contributed by atoms with E-state index in [0.717, 1.165) is 0 Å². The third-order valence-corrected chi connectivity index (χ3v) is 3.49. The summed E-state index contributed by atoms with van der Waals surface area (Å²) in [6.45, 7) is 0. The van der Waals surface area contributed by atoms with E-state index in [9.17, 15) is 48.7 Å². The number of carbonyl (C=O) groups is 1. The number of phenols is 1. The zero-order valence-corrected chi connectivity index (χ0v) is 15.3. The van der Waals surface area contributed by atoms with Gasteiger partial charge in [-0.25, -0.2) is 31.1 Å². The van der Waals surface area contributed by atoms with Gasteiger partial charge >= 0.3 is 6.16 Å². The zero-order valence-electron chi connectivity index (χ0n) is 15.3. The van der Waals surface area contributed by atoms with Gasteiger partial charge in [0.2, 0.25) is 63.9 Å². The molecule has 0 atom stereocenters. The molecule has 3 aromatic carbocycles. The highest BCUT2D eigenvalue weighted by atomic mass is 19.2. The molecule has 0 saturated carbocycles. The summed E-state index contributed by atoms with van der Waals surface area (Å²) in [5.41, 5.74) is 0. The van der Waals surface area contributed by atoms with Crippen LogP contribution in [-0.2, 0) is 0 Å². The Morgan fingerprint density at radius 3 is 1.33 bits per heavy atom. The molecule has 0 saturated heterocycles. The number of rotatable bonds is 2. The summed E-state index contributed by atoms with van der Waals surface area (Å²) in [7, 11) is 0. The fourth-order valence-electron chi connectivity index (χ4n) is 1.96. The molecule has 14 heteroatoms. The number of carbonyl (C=O) groups excluding carboxylic acids is 1. The van der Waals surface area contributed by atoms with Crippen LogP contribution in [0.25, 0.3) is 0 Å². The second-order valence-corrected chi connectivity index (χ2v) is 5.58. The molecule has 3 aromatic rings. The molecule has 0 fully saturated rings. The molecule has 1 N–H and O–H groups in total. The zero-order chi connectivity index (χ0) is 25.0. The Morgan fingerprint density at radius 1 is 0.545 bits per heavy atom. The van der Waals surface area contributed by atoms with Gasteiger partial charge in [0.25, 0.3) is 0 Å². The summed E-state index contributed by atoms with van der Waals surface area (Å²) < 4.78 is 134. The molecule has 0 aliphatic heterocycles. The molecular formula is C19H6F10O4.